The average Bonchev–Trinajstić information content (AvgIpc) is 3.25. The number of rotatable bonds is 7. The van der Waals surface area contributed by atoms with Crippen LogP contribution >= 0.6 is 0 Å². The van der Waals surface area contributed by atoms with Gasteiger partial charge in [0.2, 0.25) is 0 Å². The Bertz CT molecular complexity index is 663. The molecule has 1 saturated heterocycles. The van der Waals surface area contributed by atoms with Crippen LogP contribution in [0.3, 0.4) is 0 Å². The standard InChI is InChI=1S/C23H38N4O2/c1-17(2)27-13-11-19(12-14-27)26-23(24-3)25-16-18-9-10-21(28-4)15-22(18)29-20-7-5-6-8-20/h9-10,15,17,19-20H,5-8,11-14,16H2,1-4H3,(H2,24,25,26). The summed E-state index contributed by atoms with van der Waals surface area (Å²) in [6.07, 6.45) is 7.42. The highest BCUT2D eigenvalue weighted by atomic mass is 16.5. The Labute approximate surface area is 176 Å². The molecule has 2 aliphatic rings. The SMILES string of the molecule is CN=C(NCc1ccc(OC)cc1OC1CCCC1)NC1CCN(C(C)C)CC1. The van der Waals surface area contributed by atoms with Crippen molar-refractivity contribution in [2.75, 3.05) is 27.2 Å². The molecular weight excluding hydrogens is 364 g/mol. The molecule has 0 amide bonds. The number of hydrogen-bond acceptors (Lipinski definition) is 4. The summed E-state index contributed by atoms with van der Waals surface area (Å²) in [5.41, 5.74) is 1.13. The molecule has 2 N–H and O–H groups in total. The number of guanidine groups is 1. The number of aliphatic imine (C=N–C) groups is 1. The number of nitrogens with one attached hydrogen (secondary N) is 2. The summed E-state index contributed by atoms with van der Waals surface area (Å²) in [7, 11) is 3.53. The zero-order chi connectivity index (χ0) is 20.6. The van der Waals surface area contributed by atoms with Crippen LogP contribution in [-0.2, 0) is 6.54 Å². The highest BCUT2D eigenvalue weighted by molar-refractivity contribution is 5.80. The number of benzene rings is 1. The van der Waals surface area contributed by atoms with Gasteiger partial charge in [0.05, 0.1) is 13.2 Å². The normalized spacial score (nSPS) is 19.6. The fourth-order valence-electron chi connectivity index (χ4n) is 4.23. The molecule has 1 aliphatic heterocycles. The third kappa shape index (κ3) is 6.26. The minimum absolute atomic E-state index is 0.324. The van der Waals surface area contributed by atoms with Gasteiger partial charge in [-0.05, 0) is 64.5 Å². The Morgan fingerprint density at radius 3 is 2.52 bits per heavy atom. The predicted molar refractivity (Wildman–Crippen MR) is 119 cm³/mol. The van der Waals surface area contributed by atoms with Gasteiger partial charge in [0.15, 0.2) is 5.96 Å². The van der Waals surface area contributed by atoms with E-state index in [1.165, 1.54) is 12.8 Å². The van der Waals surface area contributed by atoms with Crippen LogP contribution in [-0.4, -0.2) is 56.3 Å². The van der Waals surface area contributed by atoms with E-state index in [-0.39, 0.29) is 0 Å². The van der Waals surface area contributed by atoms with Crippen LogP contribution in [0.15, 0.2) is 23.2 Å². The van der Waals surface area contributed by atoms with Crippen LogP contribution in [0.2, 0.25) is 0 Å². The van der Waals surface area contributed by atoms with Gasteiger partial charge < -0.3 is 25.0 Å². The van der Waals surface area contributed by atoms with E-state index in [0.717, 1.165) is 61.8 Å². The summed E-state index contributed by atoms with van der Waals surface area (Å²) in [5.74, 6) is 2.61. The smallest absolute Gasteiger partial charge is 0.191 e. The topological polar surface area (TPSA) is 58.1 Å². The van der Waals surface area contributed by atoms with Crippen molar-refractivity contribution in [3.8, 4) is 11.5 Å². The van der Waals surface area contributed by atoms with Crippen molar-refractivity contribution in [3.63, 3.8) is 0 Å². The molecule has 1 aromatic carbocycles. The molecule has 3 rings (SSSR count). The molecule has 29 heavy (non-hydrogen) atoms. The highest BCUT2D eigenvalue weighted by Gasteiger charge is 2.22. The molecule has 6 heteroatoms. The fraction of sp³-hybridized carbons (Fsp3) is 0.696. The van der Waals surface area contributed by atoms with Gasteiger partial charge in [0, 0.05) is 50.4 Å². The maximum absolute atomic E-state index is 6.31. The fourth-order valence-corrected chi connectivity index (χ4v) is 4.23. The van der Waals surface area contributed by atoms with Crippen molar-refractivity contribution in [3.05, 3.63) is 23.8 Å². The quantitative estimate of drug-likeness (QED) is 0.540. The minimum atomic E-state index is 0.324. The summed E-state index contributed by atoms with van der Waals surface area (Å²) in [6, 6.07) is 7.19. The maximum atomic E-state index is 6.31. The van der Waals surface area contributed by atoms with Crippen LogP contribution in [0, 0.1) is 0 Å². The zero-order valence-electron chi connectivity index (χ0n) is 18.5. The van der Waals surface area contributed by atoms with E-state index in [1.807, 2.05) is 19.2 Å². The molecule has 1 aromatic rings. The number of nitrogens with zero attached hydrogens (tertiary/aromatic N) is 2. The van der Waals surface area contributed by atoms with Crippen LogP contribution in [0.25, 0.3) is 0 Å². The molecular formula is C23H38N4O2. The largest absolute Gasteiger partial charge is 0.497 e. The minimum Gasteiger partial charge on any atom is -0.497 e. The Balaban J connectivity index is 1.56. The van der Waals surface area contributed by atoms with Crippen molar-refractivity contribution in [1.29, 1.82) is 0 Å². The maximum Gasteiger partial charge on any atom is 0.191 e. The molecule has 0 spiro atoms. The molecule has 0 radical (unpaired) electrons. The molecule has 2 fully saturated rings. The molecule has 1 saturated carbocycles. The first-order valence-corrected chi connectivity index (χ1v) is 11.1. The number of hydrogen-bond donors (Lipinski definition) is 2. The van der Waals surface area contributed by atoms with Gasteiger partial charge in [0.25, 0.3) is 0 Å². The number of piperidine rings is 1. The van der Waals surface area contributed by atoms with E-state index in [0.29, 0.717) is 24.7 Å². The second-order valence-electron chi connectivity index (χ2n) is 8.47. The lowest BCUT2D eigenvalue weighted by molar-refractivity contribution is 0.167. The molecule has 6 nitrogen and oxygen atoms in total. The highest BCUT2D eigenvalue weighted by Crippen LogP contribution is 2.30. The van der Waals surface area contributed by atoms with E-state index in [9.17, 15) is 0 Å². The molecule has 0 aromatic heterocycles. The number of likely N-dealkylation sites (tertiary alicyclic amines) is 1. The Morgan fingerprint density at radius 2 is 1.90 bits per heavy atom. The summed E-state index contributed by atoms with van der Waals surface area (Å²) in [4.78, 5) is 6.97. The van der Waals surface area contributed by atoms with Gasteiger partial charge in [-0.1, -0.05) is 0 Å². The van der Waals surface area contributed by atoms with Gasteiger partial charge >= 0.3 is 0 Å². The Hall–Kier alpha value is -1.95. The number of ether oxygens (including phenoxy) is 2. The second-order valence-corrected chi connectivity index (χ2v) is 8.47. The third-order valence-corrected chi connectivity index (χ3v) is 6.14. The molecule has 1 heterocycles. The van der Waals surface area contributed by atoms with Gasteiger partial charge in [-0.25, -0.2) is 0 Å². The van der Waals surface area contributed by atoms with Gasteiger partial charge in [-0.2, -0.15) is 0 Å². The van der Waals surface area contributed by atoms with Gasteiger partial charge in [0.1, 0.15) is 11.5 Å². The summed E-state index contributed by atoms with van der Waals surface area (Å²) in [5, 5.41) is 7.07. The van der Waals surface area contributed by atoms with Crippen LogP contribution in [0.5, 0.6) is 11.5 Å². The van der Waals surface area contributed by atoms with Crippen molar-refractivity contribution >= 4 is 5.96 Å². The van der Waals surface area contributed by atoms with E-state index in [2.05, 4.69) is 40.4 Å². The Morgan fingerprint density at radius 1 is 1.17 bits per heavy atom. The average molecular weight is 403 g/mol. The van der Waals surface area contributed by atoms with Crippen LogP contribution in [0.4, 0.5) is 0 Å². The lowest BCUT2D eigenvalue weighted by atomic mass is 10.0. The van der Waals surface area contributed by atoms with Crippen LogP contribution in [0.1, 0.15) is 57.9 Å². The van der Waals surface area contributed by atoms with E-state index >= 15 is 0 Å². The van der Waals surface area contributed by atoms with Crippen molar-refractivity contribution in [2.45, 2.75) is 77.1 Å². The molecule has 0 unspecified atom stereocenters. The van der Waals surface area contributed by atoms with Gasteiger partial charge in [-0.15, -0.1) is 0 Å². The number of methoxy groups -OCH3 is 1. The first kappa shape index (κ1) is 21.8. The lowest BCUT2D eigenvalue weighted by Gasteiger charge is -2.35. The monoisotopic (exact) mass is 402 g/mol. The third-order valence-electron chi connectivity index (χ3n) is 6.14. The van der Waals surface area contributed by atoms with Crippen LogP contribution < -0.4 is 20.1 Å². The Kier molecular flexibility index (Phi) is 8.04. The first-order valence-electron chi connectivity index (χ1n) is 11.1. The zero-order valence-corrected chi connectivity index (χ0v) is 18.5. The first-order chi connectivity index (χ1) is 14.1. The predicted octanol–water partition coefficient (Wildman–Crippen LogP) is 3.55. The van der Waals surface area contributed by atoms with E-state index in [1.54, 1.807) is 7.11 Å². The van der Waals surface area contributed by atoms with Crippen molar-refractivity contribution in [2.24, 2.45) is 4.99 Å². The second kappa shape index (κ2) is 10.7. The summed E-state index contributed by atoms with van der Waals surface area (Å²) in [6.45, 7) is 7.51. The molecule has 0 bridgehead atoms. The summed E-state index contributed by atoms with van der Waals surface area (Å²) < 4.78 is 11.7. The molecule has 162 valence electrons. The lowest BCUT2D eigenvalue weighted by Crippen LogP contribution is -2.49. The van der Waals surface area contributed by atoms with E-state index in [4.69, 9.17) is 9.47 Å². The van der Waals surface area contributed by atoms with E-state index < -0.39 is 0 Å². The molecule has 0 atom stereocenters. The summed E-state index contributed by atoms with van der Waals surface area (Å²) >= 11 is 0. The molecule has 1 aliphatic carbocycles. The van der Waals surface area contributed by atoms with Crippen molar-refractivity contribution in [1.82, 2.24) is 15.5 Å². The van der Waals surface area contributed by atoms with Gasteiger partial charge in [-0.3, -0.25) is 4.99 Å². The van der Waals surface area contributed by atoms with Crippen molar-refractivity contribution < 1.29 is 9.47 Å².